The topological polar surface area (TPSA) is 58.4 Å². The Bertz CT molecular complexity index is 278. The van der Waals surface area contributed by atoms with Crippen LogP contribution in [0.5, 0.6) is 0 Å². The lowest BCUT2D eigenvalue weighted by molar-refractivity contribution is -0.122. The average Bonchev–Trinajstić information content (AvgIpc) is 3.06. The number of amides is 1. The van der Waals surface area contributed by atoms with E-state index in [4.69, 9.17) is 18.0 Å². The lowest BCUT2D eigenvalue weighted by Gasteiger charge is -2.25. The summed E-state index contributed by atoms with van der Waals surface area (Å²) in [6, 6.07) is 1.06. The van der Waals surface area contributed by atoms with E-state index in [0.717, 1.165) is 0 Å². The van der Waals surface area contributed by atoms with Crippen LogP contribution in [0.1, 0.15) is 26.7 Å². The number of nitrogens with one attached hydrogen (secondary N) is 1. The minimum Gasteiger partial charge on any atom is -0.393 e. The summed E-state index contributed by atoms with van der Waals surface area (Å²) in [5, 5.41) is 2.88. The summed E-state index contributed by atoms with van der Waals surface area (Å²) >= 11 is 4.78. The molecule has 0 aromatic heterocycles. The van der Waals surface area contributed by atoms with E-state index in [1.54, 1.807) is 6.92 Å². The molecule has 4 nitrogen and oxygen atoms in total. The quantitative estimate of drug-likeness (QED) is 0.667. The number of likely N-dealkylation sites (N-methyl/N-ethyl adjacent to an activating group) is 1. The molecular formula is C11H21N3OS. The largest absolute Gasteiger partial charge is 0.393 e. The van der Waals surface area contributed by atoms with Crippen molar-refractivity contribution in [3.8, 4) is 0 Å². The van der Waals surface area contributed by atoms with Gasteiger partial charge in [0, 0.05) is 18.6 Å². The molecule has 0 radical (unpaired) electrons. The number of thiocarbonyl (C=S) groups is 1. The molecule has 2 unspecified atom stereocenters. The van der Waals surface area contributed by atoms with E-state index in [1.165, 1.54) is 12.8 Å². The Morgan fingerprint density at radius 1 is 1.56 bits per heavy atom. The monoisotopic (exact) mass is 243 g/mol. The van der Waals surface area contributed by atoms with Crippen LogP contribution in [0, 0.1) is 5.92 Å². The minimum atomic E-state index is -0.381. The van der Waals surface area contributed by atoms with E-state index >= 15 is 0 Å². The summed E-state index contributed by atoms with van der Waals surface area (Å²) in [6.45, 7) is 4.50. The van der Waals surface area contributed by atoms with Crippen LogP contribution in [-0.4, -0.2) is 41.5 Å². The summed E-state index contributed by atoms with van der Waals surface area (Å²) in [7, 11) is 2.10. The van der Waals surface area contributed by atoms with Crippen LogP contribution in [0.25, 0.3) is 0 Å². The average molecular weight is 243 g/mol. The third-order valence-electron chi connectivity index (χ3n) is 3.21. The molecule has 0 spiro atoms. The molecule has 1 aliphatic carbocycles. The van der Waals surface area contributed by atoms with E-state index in [1.807, 2.05) is 0 Å². The van der Waals surface area contributed by atoms with Crippen LogP contribution >= 0.6 is 12.2 Å². The van der Waals surface area contributed by atoms with Crippen molar-refractivity contribution in [1.82, 2.24) is 10.2 Å². The van der Waals surface area contributed by atoms with E-state index in [2.05, 4.69) is 24.2 Å². The minimum absolute atomic E-state index is 0.0800. The first-order valence-electron chi connectivity index (χ1n) is 5.72. The zero-order valence-corrected chi connectivity index (χ0v) is 11.0. The highest BCUT2D eigenvalue weighted by atomic mass is 32.1. The molecule has 0 heterocycles. The second kappa shape index (κ2) is 5.59. The van der Waals surface area contributed by atoms with Gasteiger partial charge >= 0.3 is 0 Å². The molecular weight excluding hydrogens is 222 g/mol. The molecule has 0 bridgehead atoms. The van der Waals surface area contributed by atoms with Crippen LogP contribution < -0.4 is 11.1 Å². The van der Waals surface area contributed by atoms with Crippen LogP contribution in [0.2, 0.25) is 0 Å². The molecule has 5 heteroatoms. The predicted molar refractivity (Wildman–Crippen MR) is 69.2 cm³/mol. The van der Waals surface area contributed by atoms with Crippen molar-refractivity contribution >= 4 is 23.1 Å². The van der Waals surface area contributed by atoms with Crippen molar-refractivity contribution in [2.24, 2.45) is 11.7 Å². The first-order valence-corrected chi connectivity index (χ1v) is 6.13. The number of carbonyl (C=O) groups is 1. The Morgan fingerprint density at radius 2 is 2.12 bits per heavy atom. The van der Waals surface area contributed by atoms with Crippen molar-refractivity contribution in [2.75, 3.05) is 13.6 Å². The van der Waals surface area contributed by atoms with Crippen LogP contribution in [0.4, 0.5) is 0 Å². The lowest BCUT2D eigenvalue weighted by atomic mass is 10.1. The van der Waals surface area contributed by atoms with Crippen molar-refractivity contribution in [3.05, 3.63) is 0 Å². The summed E-state index contributed by atoms with van der Waals surface area (Å²) < 4.78 is 0. The van der Waals surface area contributed by atoms with Gasteiger partial charge in [0.15, 0.2) is 0 Å². The zero-order chi connectivity index (χ0) is 12.3. The number of rotatable bonds is 6. The second-order valence-electron chi connectivity index (χ2n) is 4.61. The van der Waals surface area contributed by atoms with Gasteiger partial charge in [0.05, 0.1) is 10.9 Å². The highest BCUT2D eigenvalue weighted by molar-refractivity contribution is 7.80. The number of nitrogens with zero attached hydrogens (tertiary/aromatic N) is 1. The normalized spacial score (nSPS) is 19.2. The zero-order valence-electron chi connectivity index (χ0n) is 10.2. The molecule has 92 valence electrons. The van der Waals surface area contributed by atoms with Gasteiger partial charge in [-0.25, -0.2) is 0 Å². The Kier molecular flexibility index (Phi) is 4.68. The van der Waals surface area contributed by atoms with E-state index in [-0.39, 0.29) is 16.8 Å². The molecule has 0 saturated heterocycles. The Balaban J connectivity index is 2.27. The Morgan fingerprint density at radius 3 is 2.56 bits per heavy atom. The van der Waals surface area contributed by atoms with Crippen molar-refractivity contribution in [1.29, 1.82) is 0 Å². The molecule has 1 amide bonds. The predicted octanol–water partition coefficient (Wildman–Crippen LogP) is 0.508. The maximum absolute atomic E-state index is 11.6. The first-order chi connectivity index (χ1) is 7.43. The fourth-order valence-corrected chi connectivity index (χ4v) is 1.62. The van der Waals surface area contributed by atoms with Gasteiger partial charge in [0.2, 0.25) is 5.91 Å². The van der Waals surface area contributed by atoms with Crippen LogP contribution in [-0.2, 0) is 4.79 Å². The van der Waals surface area contributed by atoms with Gasteiger partial charge < -0.3 is 11.1 Å². The fraction of sp³-hybridized carbons (Fsp3) is 0.818. The smallest absolute Gasteiger partial charge is 0.229 e. The standard InChI is InChI=1S/C11H21N3OS/c1-7(14(3)9-4-5-9)6-13-11(15)8(2)10(12)16/h7-9H,4-6H2,1-3H3,(H2,12,16)(H,13,15). The molecule has 3 N–H and O–H groups in total. The summed E-state index contributed by atoms with van der Waals surface area (Å²) in [4.78, 5) is 14.2. The molecule has 1 fully saturated rings. The fourth-order valence-electron chi connectivity index (χ4n) is 1.52. The van der Waals surface area contributed by atoms with Gasteiger partial charge in [0.1, 0.15) is 0 Å². The van der Waals surface area contributed by atoms with Gasteiger partial charge in [-0.05, 0) is 33.7 Å². The van der Waals surface area contributed by atoms with Gasteiger partial charge in [-0.2, -0.15) is 0 Å². The SMILES string of the molecule is CC(C(=O)NCC(C)N(C)C1CC1)C(N)=S. The van der Waals surface area contributed by atoms with Crippen LogP contribution in [0.15, 0.2) is 0 Å². The molecule has 1 saturated carbocycles. The lowest BCUT2D eigenvalue weighted by Crippen LogP contribution is -2.44. The molecule has 0 aromatic rings. The van der Waals surface area contributed by atoms with Crippen molar-refractivity contribution < 1.29 is 4.79 Å². The highest BCUT2D eigenvalue weighted by Gasteiger charge is 2.29. The van der Waals surface area contributed by atoms with Gasteiger partial charge in [-0.3, -0.25) is 9.69 Å². The Labute approximate surface area is 103 Å². The van der Waals surface area contributed by atoms with E-state index in [9.17, 15) is 4.79 Å². The van der Waals surface area contributed by atoms with Gasteiger partial charge in [-0.15, -0.1) is 0 Å². The molecule has 16 heavy (non-hydrogen) atoms. The summed E-state index contributed by atoms with van der Waals surface area (Å²) in [5.41, 5.74) is 5.42. The van der Waals surface area contributed by atoms with E-state index in [0.29, 0.717) is 18.6 Å². The molecule has 0 aromatic carbocycles. The number of nitrogens with two attached hydrogens (primary N) is 1. The maximum atomic E-state index is 11.6. The number of hydrogen-bond donors (Lipinski definition) is 2. The third kappa shape index (κ3) is 3.72. The summed E-state index contributed by atoms with van der Waals surface area (Å²) in [5.74, 6) is -0.461. The Hall–Kier alpha value is -0.680. The summed E-state index contributed by atoms with van der Waals surface area (Å²) in [6.07, 6.45) is 2.55. The first kappa shape index (κ1) is 13.4. The molecule has 1 rings (SSSR count). The maximum Gasteiger partial charge on any atom is 0.229 e. The highest BCUT2D eigenvalue weighted by Crippen LogP contribution is 2.26. The van der Waals surface area contributed by atoms with Gasteiger partial charge in [-0.1, -0.05) is 12.2 Å². The molecule has 1 aliphatic rings. The number of hydrogen-bond acceptors (Lipinski definition) is 3. The van der Waals surface area contributed by atoms with E-state index < -0.39 is 0 Å². The molecule has 2 atom stereocenters. The number of carbonyl (C=O) groups excluding carboxylic acids is 1. The van der Waals surface area contributed by atoms with Crippen molar-refractivity contribution in [3.63, 3.8) is 0 Å². The van der Waals surface area contributed by atoms with Crippen molar-refractivity contribution in [2.45, 2.75) is 38.8 Å². The van der Waals surface area contributed by atoms with Crippen LogP contribution in [0.3, 0.4) is 0 Å². The second-order valence-corrected chi connectivity index (χ2v) is 5.09. The van der Waals surface area contributed by atoms with Gasteiger partial charge in [0.25, 0.3) is 0 Å². The third-order valence-corrected chi connectivity index (χ3v) is 3.56. The molecule has 0 aliphatic heterocycles.